The summed E-state index contributed by atoms with van der Waals surface area (Å²) in [4.78, 5) is 33.4. The quantitative estimate of drug-likeness (QED) is 0.250. The van der Waals surface area contributed by atoms with Crippen LogP contribution in [-0.4, -0.2) is 32.1 Å². The van der Waals surface area contributed by atoms with Crippen LogP contribution >= 0.6 is 11.3 Å². The summed E-state index contributed by atoms with van der Waals surface area (Å²) >= 11 is 1.53. The average Bonchev–Trinajstić information content (AvgIpc) is 3.32. The molecule has 4 rings (SSSR count). The topological polar surface area (TPSA) is 112 Å². The largest absolute Gasteiger partial charge is 0.481 e. The SMILES string of the molecule is C=CCc1c(C)nc(-c2ccc(-c3ccc(C(=O)O)cc3)s2)nc1Nc1ccc(CC(=O)O)cc1. The molecular formula is C27H23N3O4S. The fraction of sp³-hybridized carbons (Fsp3) is 0.111. The number of aryl methyl sites for hydroxylation is 1. The Morgan fingerprint density at radius 3 is 2.29 bits per heavy atom. The molecule has 2 aromatic carbocycles. The van der Waals surface area contributed by atoms with E-state index in [0.717, 1.165) is 37.8 Å². The van der Waals surface area contributed by atoms with Crippen molar-refractivity contribution in [2.24, 2.45) is 0 Å². The first-order valence-electron chi connectivity index (χ1n) is 10.8. The van der Waals surface area contributed by atoms with Crippen molar-refractivity contribution in [3.05, 3.63) is 95.7 Å². The van der Waals surface area contributed by atoms with Crippen molar-refractivity contribution in [2.75, 3.05) is 5.32 Å². The third-order valence-electron chi connectivity index (χ3n) is 5.38. The summed E-state index contributed by atoms with van der Waals surface area (Å²) in [6.45, 7) is 5.78. The molecule has 0 saturated heterocycles. The normalized spacial score (nSPS) is 10.7. The number of carboxylic acid groups (broad SMARTS) is 2. The van der Waals surface area contributed by atoms with Crippen LogP contribution in [0.4, 0.5) is 11.5 Å². The predicted molar refractivity (Wildman–Crippen MR) is 137 cm³/mol. The number of nitrogens with one attached hydrogen (secondary N) is 1. The molecule has 4 aromatic rings. The Bertz CT molecular complexity index is 1390. The maximum Gasteiger partial charge on any atom is 0.335 e. The molecule has 0 aliphatic rings. The highest BCUT2D eigenvalue weighted by atomic mass is 32.1. The number of aromatic carboxylic acids is 1. The molecular weight excluding hydrogens is 462 g/mol. The molecule has 0 atom stereocenters. The summed E-state index contributed by atoms with van der Waals surface area (Å²) in [7, 11) is 0. The molecule has 0 fully saturated rings. The number of benzene rings is 2. The minimum atomic E-state index is -0.955. The molecule has 0 aliphatic carbocycles. The fourth-order valence-electron chi connectivity index (χ4n) is 3.61. The van der Waals surface area contributed by atoms with Gasteiger partial charge in [-0.2, -0.15) is 0 Å². The van der Waals surface area contributed by atoms with Gasteiger partial charge in [-0.3, -0.25) is 4.79 Å². The third kappa shape index (κ3) is 5.62. The second kappa shape index (κ2) is 10.3. The summed E-state index contributed by atoms with van der Waals surface area (Å²) in [6.07, 6.45) is 2.37. The molecule has 35 heavy (non-hydrogen) atoms. The van der Waals surface area contributed by atoms with E-state index in [2.05, 4.69) is 11.9 Å². The molecule has 0 saturated carbocycles. The standard InChI is InChI=1S/C27H23N3O4S/c1-3-4-21-16(2)28-26(30-25(21)29-20-11-5-17(6-12-20)15-24(31)32)23-14-13-22(35-23)18-7-9-19(10-8-18)27(33)34/h3,5-14H,1,4,15H2,2H3,(H,31,32)(H,33,34)(H,28,29,30). The highest BCUT2D eigenvalue weighted by Gasteiger charge is 2.15. The Hall–Kier alpha value is -4.30. The minimum Gasteiger partial charge on any atom is -0.481 e. The Morgan fingerprint density at radius 1 is 0.971 bits per heavy atom. The van der Waals surface area contributed by atoms with E-state index in [-0.39, 0.29) is 12.0 Å². The second-order valence-electron chi connectivity index (χ2n) is 7.89. The van der Waals surface area contributed by atoms with E-state index in [9.17, 15) is 9.59 Å². The lowest BCUT2D eigenvalue weighted by atomic mass is 10.1. The molecule has 0 unspecified atom stereocenters. The Labute approximate surface area is 206 Å². The van der Waals surface area contributed by atoms with E-state index in [4.69, 9.17) is 20.2 Å². The smallest absolute Gasteiger partial charge is 0.335 e. The monoisotopic (exact) mass is 485 g/mol. The van der Waals surface area contributed by atoms with E-state index >= 15 is 0 Å². The van der Waals surface area contributed by atoms with Crippen molar-refractivity contribution < 1.29 is 19.8 Å². The van der Waals surface area contributed by atoms with Gasteiger partial charge >= 0.3 is 11.9 Å². The first-order valence-corrected chi connectivity index (χ1v) is 11.7. The van der Waals surface area contributed by atoms with Gasteiger partial charge in [-0.15, -0.1) is 17.9 Å². The lowest BCUT2D eigenvalue weighted by Gasteiger charge is -2.14. The molecule has 7 nitrogen and oxygen atoms in total. The maximum absolute atomic E-state index is 11.1. The number of aromatic nitrogens is 2. The number of anilines is 2. The van der Waals surface area contributed by atoms with E-state index in [1.807, 2.05) is 31.2 Å². The van der Waals surface area contributed by atoms with Gasteiger partial charge in [0.05, 0.1) is 16.9 Å². The Kier molecular flexibility index (Phi) is 7.03. The van der Waals surface area contributed by atoms with Crippen molar-refractivity contribution in [3.63, 3.8) is 0 Å². The van der Waals surface area contributed by atoms with Crippen LogP contribution in [0.25, 0.3) is 21.1 Å². The van der Waals surface area contributed by atoms with Gasteiger partial charge in [0.2, 0.25) is 0 Å². The van der Waals surface area contributed by atoms with E-state index in [1.165, 1.54) is 11.3 Å². The first-order chi connectivity index (χ1) is 16.8. The number of hydrogen-bond donors (Lipinski definition) is 3. The zero-order valence-electron chi connectivity index (χ0n) is 19.0. The lowest BCUT2D eigenvalue weighted by molar-refractivity contribution is -0.136. The molecule has 8 heteroatoms. The van der Waals surface area contributed by atoms with Crippen molar-refractivity contribution in [1.82, 2.24) is 9.97 Å². The van der Waals surface area contributed by atoms with Crippen LogP contribution in [-0.2, 0) is 17.6 Å². The molecule has 0 radical (unpaired) electrons. The van der Waals surface area contributed by atoms with Crippen molar-refractivity contribution >= 4 is 34.8 Å². The van der Waals surface area contributed by atoms with Crippen LogP contribution in [0.5, 0.6) is 0 Å². The lowest BCUT2D eigenvalue weighted by Crippen LogP contribution is -2.05. The summed E-state index contributed by atoms with van der Waals surface area (Å²) in [5.41, 5.74) is 4.44. The number of allylic oxidation sites excluding steroid dienone is 1. The molecule has 176 valence electrons. The second-order valence-corrected chi connectivity index (χ2v) is 8.98. The molecule has 0 spiro atoms. The number of carboxylic acids is 2. The van der Waals surface area contributed by atoms with Crippen LogP contribution < -0.4 is 5.32 Å². The number of aliphatic carboxylic acids is 1. The van der Waals surface area contributed by atoms with Gasteiger partial charge < -0.3 is 15.5 Å². The van der Waals surface area contributed by atoms with Crippen LogP contribution in [0.15, 0.2) is 73.3 Å². The predicted octanol–water partition coefficient (Wildman–Crippen LogP) is 5.98. The third-order valence-corrected chi connectivity index (χ3v) is 6.51. The molecule has 2 heterocycles. The van der Waals surface area contributed by atoms with Gasteiger partial charge in [0.15, 0.2) is 5.82 Å². The van der Waals surface area contributed by atoms with Gasteiger partial charge in [-0.25, -0.2) is 14.8 Å². The molecule has 0 aliphatic heterocycles. The van der Waals surface area contributed by atoms with E-state index in [1.54, 1.807) is 42.5 Å². The van der Waals surface area contributed by atoms with Crippen LogP contribution in [0.3, 0.4) is 0 Å². The van der Waals surface area contributed by atoms with Gasteiger partial charge in [-0.1, -0.05) is 30.3 Å². The number of carbonyl (C=O) groups is 2. The number of hydrogen-bond acceptors (Lipinski definition) is 6. The summed E-state index contributed by atoms with van der Waals surface area (Å²) in [5, 5.41) is 21.4. The summed E-state index contributed by atoms with van der Waals surface area (Å²) in [6, 6.07) is 17.9. The highest BCUT2D eigenvalue weighted by molar-refractivity contribution is 7.18. The molecule has 3 N–H and O–H groups in total. The van der Waals surface area contributed by atoms with E-state index in [0.29, 0.717) is 18.1 Å². The van der Waals surface area contributed by atoms with Crippen molar-refractivity contribution in [1.29, 1.82) is 0 Å². The van der Waals surface area contributed by atoms with Crippen LogP contribution in [0.2, 0.25) is 0 Å². The van der Waals surface area contributed by atoms with Gasteiger partial charge in [0.25, 0.3) is 0 Å². The number of thiophene rings is 1. The van der Waals surface area contributed by atoms with Crippen LogP contribution in [0, 0.1) is 6.92 Å². The highest BCUT2D eigenvalue weighted by Crippen LogP contribution is 2.35. The van der Waals surface area contributed by atoms with Crippen LogP contribution in [0.1, 0.15) is 27.2 Å². The van der Waals surface area contributed by atoms with Crippen molar-refractivity contribution in [3.8, 4) is 21.1 Å². The van der Waals surface area contributed by atoms with Gasteiger partial charge in [0, 0.05) is 21.8 Å². The minimum absolute atomic E-state index is 0.0293. The Morgan fingerprint density at radius 2 is 1.66 bits per heavy atom. The zero-order chi connectivity index (χ0) is 24.9. The van der Waals surface area contributed by atoms with E-state index < -0.39 is 11.9 Å². The molecule has 2 aromatic heterocycles. The number of rotatable bonds is 9. The fourth-order valence-corrected chi connectivity index (χ4v) is 4.55. The summed E-state index contributed by atoms with van der Waals surface area (Å²) < 4.78 is 0. The zero-order valence-corrected chi connectivity index (χ0v) is 19.8. The van der Waals surface area contributed by atoms with Gasteiger partial charge in [-0.05, 0) is 60.9 Å². The average molecular weight is 486 g/mol. The number of nitrogens with zero attached hydrogens (tertiary/aromatic N) is 2. The molecule has 0 bridgehead atoms. The first kappa shape index (κ1) is 23.8. The van der Waals surface area contributed by atoms with Crippen molar-refractivity contribution in [2.45, 2.75) is 19.8 Å². The summed E-state index contributed by atoms with van der Waals surface area (Å²) in [5.74, 6) is -0.579. The molecule has 0 amide bonds. The Balaban J connectivity index is 1.65. The maximum atomic E-state index is 11.1. The van der Waals surface area contributed by atoms with Gasteiger partial charge in [0.1, 0.15) is 5.82 Å².